The maximum Gasteiger partial charge on any atom is 0.228 e. The van der Waals surface area contributed by atoms with E-state index in [0.29, 0.717) is 0 Å². The van der Waals surface area contributed by atoms with E-state index in [1.165, 1.54) is 0 Å². The van der Waals surface area contributed by atoms with Gasteiger partial charge in [0.15, 0.2) is 0 Å². The molecule has 0 aliphatic heterocycles. The summed E-state index contributed by atoms with van der Waals surface area (Å²) in [5.74, 6) is 0.110. The lowest BCUT2D eigenvalue weighted by Crippen LogP contribution is -2.25. The van der Waals surface area contributed by atoms with Gasteiger partial charge in [-0.05, 0) is 7.05 Å². The van der Waals surface area contributed by atoms with Crippen LogP contribution >= 0.6 is 45.7 Å². The lowest BCUT2D eigenvalue weighted by molar-refractivity contribution is -0.122. The molecule has 1 amide bonds. The van der Waals surface area contributed by atoms with Gasteiger partial charge in [0.1, 0.15) is 0 Å². The van der Waals surface area contributed by atoms with Gasteiger partial charge in [0.05, 0.1) is 22.9 Å². The van der Waals surface area contributed by atoms with Crippen LogP contribution in [0.4, 0.5) is 0 Å². The van der Waals surface area contributed by atoms with Crippen molar-refractivity contribution in [1.82, 2.24) is 6.23 Å². The normalized spacial score (nSPS) is 10.1. The summed E-state index contributed by atoms with van der Waals surface area (Å²) < 4.78 is 3.69. The van der Waals surface area contributed by atoms with Crippen LogP contribution in [0.25, 0.3) is 0 Å². The molecule has 0 atom stereocenters. The molecule has 0 heterocycles. The molecule has 0 rings (SSSR count). The van der Waals surface area contributed by atoms with Crippen LogP contribution in [0.3, 0.4) is 0 Å². The Bertz CT molecular complexity index is 118. The Hall–Kier alpha value is 0.890. The lowest BCUT2D eigenvalue weighted by atomic mass is 10.6. The average molecular weight is 368 g/mol. The molecule has 0 saturated carbocycles. The van der Waals surface area contributed by atoms with Crippen molar-refractivity contribution in [3.05, 3.63) is 0 Å². The van der Waals surface area contributed by atoms with Crippen molar-refractivity contribution < 1.29 is 4.79 Å². The summed E-state index contributed by atoms with van der Waals surface area (Å²) in [5.41, 5.74) is 0. The molecule has 0 bridgehead atoms. The second-order valence-electron chi connectivity index (χ2n) is 1.93. The highest BCUT2D eigenvalue weighted by Crippen LogP contribution is 2.00. The van der Waals surface area contributed by atoms with Gasteiger partial charge in [-0.1, -0.05) is 0 Å². The molecule has 3 nitrogen and oxygen atoms in total. The Morgan fingerprint density at radius 3 is 2.20 bits per heavy atom. The zero-order valence-electron chi connectivity index (χ0n) is 5.97. The van der Waals surface area contributed by atoms with Gasteiger partial charge in [-0.25, -0.2) is 3.11 Å². The number of carbonyl (C=O) groups excluding carboxylic acids is 1. The molecule has 5 heteroatoms. The number of hydrogen-bond acceptors (Lipinski definition) is 2. The number of nitrogens with zero attached hydrogens (tertiary/aromatic N) is 2. The molecule has 0 aromatic carbocycles. The van der Waals surface area contributed by atoms with E-state index >= 15 is 0 Å². The van der Waals surface area contributed by atoms with Gasteiger partial charge < -0.3 is 0 Å². The van der Waals surface area contributed by atoms with Crippen LogP contribution in [-0.2, 0) is 4.79 Å². The fraction of sp³-hybridized carbons (Fsp3) is 0.800. The van der Waals surface area contributed by atoms with Gasteiger partial charge >= 0.3 is 0 Å². The lowest BCUT2D eigenvalue weighted by Gasteiger charge is -2.13. The highest BCUT2D eigenvalue weighted by Gasteiger charge is 2.03. The monoisotopic (exact) mass is 368 g/mol. The van der Waals surface area contributed by atoms with Crippen molar-refractivity contribution in [3.63, 3.8) is 0 Å². The molecule has 0 radical (unpaired) electrons. The minimum Gasteiger partial charge on any atom is -0.284 e. The standard InChI is InChI=1S/C5H10I2N2O/c1-5(10)9(7)4-3-8(2)6/h3-4H2,1-2H3. The van der Waals surface area contributed by atoms with Gasteiger partial charge in [0.25, 0.3) is 0 Å². The number of carbonyl (C=O) groups is 1. The Morgan fingerprint density at radius 1 is 1.40 bits per heavy atom. The number of halogens is 2. The van der Waals surface area contributed by atoms with Crippen molar-refractivity contribution >= 4 is 51.6 Å². The largest absolute Gasteiger partial charge is 0.284 e. The van der Waals surface area contributed by atoms with Crippen molar-refractivity contribution in [3.8, 4) is 0 Å². The van der Waals surface area contributed by atoms with E-state index in [2.05, 4.69) is 22.9 Å². The summed E-state index contributed by atoms with van der Waals surface area (Å²) in [6.45, 7) is 3.26. The van der Waals surface area contributed by atoms with Crippen LogP contribution in [0, 0.1) is 0 Å². The van der Waals surface area contributed by atoms with Crippen LogP contribution < -0.4 is 0 Å². The maximum atomic E-state index is 10.7. The third kappa shape index (κ3) is 5.66. The highest BCUT2D eigenvalue weighted by molar-refractivity contribution is 14.1. The second-order valence-corrected chi connectivity index (χ2v) is 4.74. The van der Waals surface area contributed by atoms with Crippen molar-refractivity contribution in [2.45, 2.75) is 6.92 Å². The third-order valence-corrected chi connectivity index (χ3v) is 2.59. The van der Waals surface area contributed by atoms with E-state index in [1.54, 1.807) is 10.0 Å². The molecular weight excluding hydrogens is 358 g/mol. The van der Waals surface area contributed by atoms with Gasteiger partial charge in [-0.15, -0.1) is 0 Å². The smallest absolute Gasteiger partial charge is 0.228 e. The highest BCUT2D eigenvalue weighted by atomic mass is 127. The first-order chi connectivity index (χ1) is 4.54. The van der Waals surface area contributed by atoms with Crippen LogP contribution in [0.15, 0.2) is 0 Å². The predicted octanol–water partition coefficient (Wildman–Crippen LogP) is 1.47. The summed E-state index contributed by atoms with van der Waals surface area (Å²) in [4.78, 5) is 10.7. The molecule has 0 N–H and O–H groups in total. The van der Waals surface area contributed by atoms with Gasteiger partial charge in [0.2, 0.25) is 5.91 Å². The van der Waals surface area contributed by atoms with E-state index in [-0.39, 0.29) is 5.91 Å². The SMILES string of the molecule is CC(=O)N(I)CCN(C)I. The predicted molar refractivity (Wildman–Crippen MR) is 58.1 cm³/mol. The molecule has 10 heavy (non-hydrogen) atoms. The molecule has 0 fully saturated rings. The fourth-order valence-electron chi connectivity index (χ4n) is 0.383. The molecule has 0 aromatic rings. The fourth-order valence-corrected chi connectivity index (χ4v) is 0.815. The zero-order valence-corrected chi connectivity index (χ0v) is 10.3. The zero-order chi connectivity index (χ0) is 8.15. The van der Waals surface area contributed by atoms with Crippen molar-refractivity contribution in [1.29, 1.82) is 0 Å². The van der Waals surface area contributed by atoms with E-state index in [4.69, 9.17) is 0 Å². The quantitative estimate of drug-likeness (QED) is 0.557. The van der Waals surface area contributed by atoms with E-state index in [0.717, 1.165) is 13.1 Å². The van der Waals surface area contributed by atoms with Crippen molar-refractivity contribution in [2.75, 3.05) is 20.1 Å². The van der Waals surface area contributed by atoms with Gasteiger partial charge in [0, 0.05) is 42.9 Å². The molecule has 0 aromatic heterocycles. The molecule has 0 aliphatic carbocycles. The molecule has 0 spiro atoms. The minimum absolute atomic E-state index is 0.110. The molecular formula is C5H10I2N2O. The molecule has 0 saturated heterocycles. The first-order valence-corrected chi connectivity index (χ1v) is 4.78. The topological polar surface area (TPSA) is 23.6 Å². The van der Waals surface area contributed by atoms with Crippen LogP contribution in [0.5, 0.6) is 0 Å². The molecule has 0 unspecified atom stereocenters. The van der Waals surface area contributed by atoms with Crippen LogP contribution in [0.2, 0.25) is 0 Å². The summed E-state index contributed by atoms with van der Waals surface area (Å²) in [5, 5.41) is 0. The Morgan fingerprint density at radius 2 is 1.90 bits per heavy atom. The first kappa shape index (κ1) is 10.9. The van der Waals surface area contributed by atoms with Gasteiger partial charge in [-0.2, -0.15) is 0 Å². The number of amides is 1. The average Bonchev–Trinajstić information content (AvgIpc) is 1.82. The number of rotatable bonds is 3. The minimum atomic E-state index is 0.110. The van der Waals surface area contributed by atoms with Crippen LogP contribution in [0.1, 0.15) is 6.92 Å². The van der Waals surface area contributed by atoms with Crippen LogP contribution in [-0.4, -0.2) is 32.3 Å². The first-order valence-electron chi connectivity index (χ1n) is 2.85. The number of likely N-dealkylation sites (N-methyl/N-ethyl adjacent to an activating group) is 1. The second kappa shape index (κ2) is 5.53. The van der Waals surface area contributed by atoms with E-state index in [9.17, 15) is 4.79 Å². The summed E-state index contributed by atoms with van der Waals surface area (Å²) in [6.07, 6.45) is 0. The third-order valence-electron chi connectivity index (χ3n) is 0.946. The maximum absolute atomic E-state index is 10.7. The number of hydrogen-bond donors (Lipinski definition) is 0. The summed E-state index contributed by atoms with van der Waals surface area (Å²) in [6, 6.07) is 0. The van der Waals surface area contributed by atoms with Gasteiger partial charge in [-0.3, -0.25) is 7.91 Å². The molecule has 60 valence electrons. The summed E-state index contributed by atoms with van der Waals surface area (Å²) >= 11 is 4.21. The Kier molecular flexibility index (Phi) is 6.02. The summed E-state index contributed by atoms with van der Waals surface area (Å²) in [7, 11) is 1.98. The Labute approximate surface area is 89.1 Å². The Balaban J connectivity index is 3.40. The van der Waals surface area contributed by atoms with E-state index < -0.39 is 0 Å². The van der Waals surface area contributed by atoms with Crippen molar-refractivity contribution in [2.24, 2.45) is 0 Å². The molecule has 0 aliphatic rings. The van der Waals surface area contributed by atoms with E-state index in [1.807, 2.05) is 33.0 Å².